The molecule has 0 radical (unpaired) electrons. The fraction of sp³-hybridized carbons (Fsp3) is 0.652. The number of benzene rings is 1. The molecule has 7 nitrogen and oxygen atoms in total. The molecule has 0 saturated carbocycles. The zero-order chi connectivity index (χ0) is 21.5. The van der Waals surface area contributed by atoms with Crippen LogP contribution in [0.3, 0.4) is 0 Å². The molecule has 1 aromatic rings. The molecule has 0 bridgehead atoms. The molecule has 0 unspecified atom stereocenters. The lowest BCUT2D eigenvalue weighted by atomic mass is 9.96. The van der Waals surface area contributed by atoms with Crippen LogP contribution in [-0.4, -0.2) is 73.7 Å². The molecule has 2 aliphatic heterocycles. The lowest BCUT2D eigenvalue weighted by Crippen LogP contribution is -2.52. The van der Waals surface area contributed by atoms with Gasteiger partial charge < -0.3 is 19.9 Å². The molecule has 0 aliphatic carbocycles. The third-order valence-electron chi connectivity index (χ3n) is 6.28. The van der Waals surface area contributed by atoms with Crippen LogP contribution >= 0.6 is 0 Å². The van der Waals surface area contributed by atoms with E-state index in [2.05, 4.69) is 31.0 Å². The summed E-state index contributed by atoms with van der Waals surface area (Å²) in [4.78, 5) is 31.8. The number of anilines is 1. The molecule has 0 spiro atoms. The maximum atomic E-state index is 13.3. The zero-order valence-electron chi connectivity index (χ0n) is 18.6. The van der Waals surface area contributed by atoms with E-state index in [1.165, 1.54) is 0 Å². The monoisotopic (exact) mass is 416 g/mol. The zero-order valence-corrected chi connectivity index (χ0v) is 18.6. The fourth-order valence-electron chi connectivity index (χ4n) is 4.22. The van der Waals surface area contributed by atoms with E-state index in [0.717, 1.165) is 37.5 Å². The number of hydrogen-bond donors (Lipinski definition) is 1. The number of likely N-dealkylation sites (N-methyl/N-ethyl adjacent to an activating group) is 1. The lowest BCUT2D eigenvalue weighted by Gasteiger charge is -2.39. The van der Waals surface area contributed by atoms with Crippen molar-refractivity contribution in [3.63, 3.8) is 0 Å². The molecule has 2 heterocycles. The van der Waals surface area contributed by atoms with Crippen molar-refractivity contribution in [2.24, 2.45) is 5.92 Å². The van der Waals surface area contributed by atoms with Crippen LogP contribution in [0, 0.1) is 5.92 Å². The predicted molar refractivity (Wildman–Crippen MR) is 119 cm³/mol. The molecular formula is C23H36N4O3. The SMILES string of the molecule is CC[C@@H]1CN(C(=O)N2CCC(C(=O)NCCN(CC)CC)CC2)c2ccccc2O1. The topological polar surface area (TPSA) is 65.1 Å². The summed E-state index contributed by atoms with van der Waals surface area (Å²) in [6, 6.07) is 7.75. The van der Waals surface area contributed by atoms with Crippen LogP contribution in [0.25, 0.3) is 0 Å². The number of hydrogen-bond acceptors (Lipinski definition) is 4. The van der Waals surface area contributed by atoms with E-state index in [4.69, 9.17) is 4.74 Å². The number of fused-ring (bicyclic) bond motifs is 1. The molecule has 1 fully saturated rings. The van der Waals surface area contributed by atoms with Crippen molar-refractivity contribution in [2.75, 3.05) is 50.7 Å². The highest BCUT2D eigenvalue weighted by Crippen LogP contribution is 2.34. The molecule has 3 amide bonds. The van der Waals surface area contributed by atoms with Gasteiger partial charge in [-0.1, -0.05) is 32.9 Å². The van der Waals surface area contributed by atoms with Crippen LogP contribution in [0.15, 0.2) is 24.3 Å². The van der Waals surface area contributed by atoms with E-state index in [0.29, 0.717) is 39.0 Å². The number of urea groups is 1. The quantitative estimate of drug-likeness (QED) is 0.742. The first-order chi connectivity index (χ1) is 14.6. The van der Waals surface area contributed by atoms with Crippen LogP contribution in [0.2, 0.25) is 0 Å². The van der Waals surface area contributed by atoms with Crippen molar-refractivity contribution in [3.05, 3.63) is 24.3 Å². The molecule has 1 saturated heterocycles. The van der Waals surface area contributed by atoms with E-state index < -0.39 is 0 Å². The van der Waals surface area contributed by atoms with Gasteiger partial charge in [-0.05, 0) is 44.5 Å². The first kappa shape index (κ1) is 22.4. The van der Waals surface area contributed by atoms with Gasteiger partial charge in [0.15, 0.2) is 0 Å². The minimum absolute atomic E-state index is 0.00822. The van der Waals surface area contributed by atoms with Crippen molar-refractivity contribution in [1.82, 2.24) is 15.1 Å². The van der Waals surface area contributed by atoms with E-state index in [1.54, 1.807) is 0 Å². The third-order valence-corrected chi connectivity index (χ3v) is 6.28. The Morgan fingerprint density at radius 2 is 1.83 bits per heavy atom. The van der Waals surface area contributed by atoms with Crippen LogP contribution < -0.4 is 15.0 Å². The maximum absolute atomic E-state index is 13.3. The molecule has 1 N–H and O–H groups in total. The second kappa shape index (κ2) is 10.7. The Morgan fingerprint density at radius 3 is 2.50 bits per heavy atom. The standard InChI is InChI=1S/C23H36N4O3/c1-4-19-17-27(20-9-7-8-10-21(20)30-19)23(29)26-14-11-18(12-15-26)22(28)24-13-16-25(5-2)6-3/h7-10,18-19H,4-6,11-17H2,1-3H3,(H,24,28)/t19-/m1/s1. The highest BCUT2D eigenvalue weighted by atomic mass is 16.5. The summed E-state index contributed by atoms with van der Waals surface area (Å²) in [5, 5.41) is 3.07. The molecule has 3 rings (SSSR count). The van der Waals surface area contributed by atoms with Gasteiger partial charge in [-0.3, -0.25) is 9.69 Å². The largest absolute Gasteiger partial charge is 0.486 e. The van der Waals surface area contributed by atoms with Gasteiger partial charge in [0.1, 0.15) is 11.9 Å². The third kappa shape index (κ3) is 5.25. The summed E-state index contributed by atoms with van der Waals surface area (Å²) < 4.78 is 6.00. The summed E-state index contributed by atoms with van der Waals surface area (Å²) in [7, 11) is 0. The summed E-state index contributed by atoms with van der Waals surface area (Å²) in [5.41, 5.74) is 0.837. The Balaban J connectivity index is 1.52. The van der Waals surface area contributed by atoms with E-state index in [1.807, 2.05) is 34.1 Å². The van der Waals surface area contributed by atoms with Crippen LogP contribution in [0.5, 0.6) is 5.75 Å². The molecule has 1 atom stereocenters. The number of amides is 3. The Labute approximate surface area is 180 Å². The second-order valence-corrected chi connectivity index (χ2v) is 8.09. The molecule has 2 aliphatic rings. The smallest absolute Gasteiger partial charge is 0.324 e. The molecule has 1 aromatic carbocycles. The first-order valence-corrected chi connectivity index (χ1v) is 11.4. The Morgan fingerprint density at radius 1 is 1.13 bits per heavy atom. The number of carbonyl (C=O) groups excluding carboxylic acids is 2. The first-order valence-electron chi connectivity index (χ1n) is 11.4. The van der Waals surface area contributed by atoms with Crippen molar-refractivity contribution in [3.8, 4) is 5.75 Å². The molecular weight excluding hydrogens is 380 g/mol. The van der Waals surface area contributed by atoms with Gasteiger partial charge in [0, 0.05) is 32.1 Å². The average molecular weight is 417 g/mol. The van der Waals surface area contributed by atoms with Crippen molar-refractivity contribution in [2.45, 2.75) is 46.1 Å². The Bertz CT molecular complexity index is 714. The number of carbonyl (C=O) groups is 2. The highest BCUT2D eigenvalue weighted by Gasteiger charge is 2.34. The number of rotatable bonds is 7. The van der Waals surface area contributed by atoms with Gasteiger partial charge in [-0.15, -0.1) is 0 Å². The molecule has 30 heavy (non-hydrogen) atoms. The summed E-state index contributed by atoms with van der Waals surface area (Å²) in [6.45, 7) is 11.7. The minimum atomic E-state index is -0.00822. The van der Waals surface area contributed by atoms with Crippen molar-refractivity contribution < 1.29 is 14.3 Å². The number of nitrogens with one attached hydrogen (secondary N) is 1. The molecule has 166 valence electrons. The van der Waals surface area contributed by atoms with Gasteiger partial charge >= 0.3 is 6.03 Å². The molecule has 0 aromatic heterocycles. The Kier molecular flexibility index (Phi) is 7.96. The van der Waals surface area contributed by atoms with Gasteiger partial charge in [0.2, 0.25) is 5.91 Å². The van der Waals surface area contributed by atoms with Gasteiger partial charge in [0.25, 0.3) is 0 Å². The van der Waals surface area contributed by atoms with Crippen LogP contribution in [0.1, 0.15) is 40.0 Å². The van der Waals surface area contributed by atoms with Gasteiger partial charge in [-0.25, -0.2) is 4.79 Å². The predicted octanol–water partition coefficient (Wildman–Crippen LogP) is 2.95. The summed E-state index contributed by atoms with van der Waals surface area (Å²) >= 11 is 0. The number of likely N-dealkylation sites (tertiary alicyclic amines) is 1. The second-order valence-electron chi connectivity index (χ2n) is 8.09. The van der Waals surface area contributed by atoms with Crippen molar-refractivity contribution in [1.29, 1.82) is 0 Å². The average Bonchev–Trinajstić information content (AvgIpc) is 2.80. The number of nitrogens with zero attached hydrogens (tertiary/aromatic N) is 3. The van der Waals surface area contributed by atoms with E-state index >= 15 is 0 Å². The van der Waals surface area contributed by atoms with Crippen LogP contribution in [0.4, 0.5) is 10.5 Å². The van der Waals surface area contributed by atoms with E-state index in [9.17, 15) is 9.59 Å². The lowest BCUT2D eigenvalue weighted by molar-refractivity contribution is -0.126. The normalized spacial score (nSPS) is 19.4. The summed E-state index contributed by atoms with van der Waals surface area (Å²) in [6.07, 6.45) is 2.30. The molecule has 7 heteroatoms. The number of para-hydroxylation sites is 2. The minimum Gasteiger partial charge on any atom is -0.486 e. The fourth-order valence-corrected chi connectivity index (χ4v) is 4.22. The Hall–Kier alpha value is -2.28. The van der Waals surface area contributed by atoms with Crippen molar-refractivity contribution >= 4 is 17.6 Å². The maximum Gasteiger partial charge on any atom is 0.324 e. The van der Waals surface area contributed by atoms with E-state index in [-0.39, 0.29) is 24.0 Å². The number of ether oxygens (including phenoxy) is 1. The summed E-state index contributed by atoms with van der Waals surface area (Å²) in [5.74, 6) is 0.884. The number of piperidine rings is 1. The van der Waals surface area contributed by atoms with Crippen LogP contribution in [-0.2, 0) is 4.79 Å². The van der Waals surface area contributed by atoms with Gasteiger partial charge in [-0.2, -0.15) is 0 Å². The highest BCUT2D eigenvalue weighted by molar-refractivity contribution is 5.94. The van der Waals surface area contributed by atoms with Gasteiger partial charge in [0.05, 0.1) is 12.2 Å².